The van der Waals surface area contributed by atoms with Gasteiger partial charge in [-0.2, -0.15) is 0 Å². The van der Waals surface area contributed by atoms with Gasteiger partial charge in [0.25, 0.3) is 0 Å². The third kappa shape index (κ3) is 3.97. The molecule has 1 amide bonds. The van der Waals surface area contributed by atoms with Crippen LogP contribution in [0.2, 0.25) is 0 Å². The van der Waals surface area contributed by atoms with Crippen molar-refractivity contribution in [1.29, 1.82) is 0 Å². The highest BCUT2D eigenvalue weighted by atomic mass is 79.9. The van der Waals surface area contributed by atoms with Gasteiger partial charge in [0.1, 0.15) is 5.82 Å². The van der Waals surface area contributed by atoms with E-state index in [1.807, 2.05) is 0 Å². The maximum Gasteiger partial charge on any atom is 0.236 e. The summed E-state index contributed by atoms with van der Waals surface area (Å²) in [6.45, 7) is 1.87. The van der Waals surface area contributed by atoms with Crippen LogP contribution in [0.1, 0.15) is 12.5 Å². The highest BCUT2D eigenvalue weighted by molar-refractivity contribution is 9.10. The van der Waals surface area contributed by atoms with E-state index in [2.05, 4.69) is 21.2 Å². The van der Waals surface area contributed by atoms with Gasteiger partial charge in [-0.25, -0.2) is 4.39 Å². The largest absolute Gasteiger partial charge is 0.351 e. The first-order valence-electron chi connectivity index (χ1n) is 4.47. The fourth-order valence-corrected chi connectivity index (χ4v) is 1.58. The first-order chi connectivity index (χ1) is 6.99. The van der Waals surface area contributed by atoms with Crippen LogP contribution < -0.4 is 11.1 Å². The van der Waals surface area contributed by atoms with Crippen LogP contribution >= 0.6 is 15.9 Å². The van der Waals surface area contributed by atoms with E-state index in [-0.39, 0.29) is 18.3 Å². The Morgan fingerprint density at radius 3 is 2.80 bits per heavy atom. The van der Waals surface area contributed by atoms with Gasteiger partial charge >= 0.3 is 0 Å². The Hall–Kier alpha value is -0.940. The molecule has 0 aliphatic rings. The molecule has 0 aromatic heterocycles. The lowest BCUT2D eigenvalue weighted by Gasteiger charge is -2.08. The molecule has 15 heavy (non-hydrogen) atoms. The molecule has 0 unspecified atom stereocenters. The van der Waals surface area contributed by atoms with Crippen LogP contribution in [0, 0.1) is 5.82 Å². The average Bonchev–Trinajstić information content (AvgIpc) is 2.12. The number of nitrogens with two attached hydrogens (primary N) is 1. The number of hydrogen-bond acceptors (Lipinski definition) is 2. The Balaban J connectivity index is 2.61. The maximum absolute atomic E-state index is 12.9. The lowest BCUT2D eigenvalue weighted by Crippen LogP contribution is -2.37. The Bertz CT molecular complexity index is 348. The summed E-state index contributed by atoms with van der Waals surface area (Å²) in [5.74, 6) is -0.593. The highest BCUT2D eigenvalue weighted by Gasteiger charge is 2.06. The van der Waals surface area contributed by atoms with Gasteiger partial charge in [0, 0.05) is 11.0 Å². The number of amides is 1. The van der Waals surface area contributed by atoms with E-state index in [4.69, 9.17) is 5.73 Å². The van der Waals surface area contributed by atoms with Crippen molar-refractivity contribution in [3.63, 3.8) is 0 Å². The fraction of sp³-hybridized carbons (Fsp3) is 0.300. The number of benzene rings is 1. The van der Waals surface area contributed by atoms with Gasteiger partial charge in [-0.3, -0.25) is 4.79 Å². The zero-order valence-corrected chi connectivity index (χ0v) is 9.84. The van der Waals surface area contributed by atoms with Gasteiger partial charge < -0.3 is 11.1 Å². The molecule has 0 spiro atoms. The Labute approximate surface area is 96.0 Å². The number of rotatable bonds is 3. The van der Waals surface area contributed by atoms with Crippen molar-refractivity contribution < 1.29 is 9.18 Å². The van der Waals surface area contributed by atoms with Crippen LogP contribution in [-0.2, 0) is 11.3 Å². The smallest absolute Gasteiger partial charge is 0.236 e. The van der Waals surface area contributed by atoms with Crippen molar-refractivity contribution in [2.75, 3.05) is 0 Å². The number of hydrogen-bond donors (Lipinski definition) is 2. The van der Waals surface area contributed by atoms with Crippen molar-refractivity contribution in [2.45, 2.75) is 19.5 Å². The molecule has 0 fully saturated rings. The Morgan fingerprint density at radius 2 is 2.27 bits per heavy atom. The van der Waals surface area contributed by atoms with Crippen molar-refractivity contribution in [1.82, 2.24) is 5.32 Å². The second-order valence-corrected chi connectivity index (χ2v) is 4.20. The van der Waals surface area contributed by atoms with E-state index in [0.717, 1.165) is 0 Å². The van der Waals surface area contributed by atoms with Gasteiger partial charge in [0.2, 0.25) is 5.91 Å². The van der Waals surface area contributed by atoms with Gasteiger partial charge in [0.15, 0.2) is 0 Å². The summed E-state index contributed by atoms with van der Waals surface area (Å²) >= 11 is 3.17. The van der Waals surface area contributed by atoms with E-state index in [0.29, 0.717) is 10.0 Å². The maximum atomic E-state index is 12.9. The van der Waals surface area contributed by atoms with Crippen molar-refractivity contribution in [3.8, 4) is 0 Å². The summed E-state index contributed by atoms with van der Waals surface area (Å²) in [5, 5.41) is 2.60. The molecule has 1 aromatic carbocycles. The molecule has 0 heterocycles. The predicted molar refractivity (Wildman–Crippen MR) is 59.6 cm³/mol. The fourth-order valence-electron chi connectivity index (χ4n) is 1.06. The molecule has 82 valence electrons. The summed E-state index contributed by atoms with van der Waals surface area (Å²) in [6.07, 6.45) is 0. The highest BCUT2D eigenvalue weighted by Crippen LogP contribution is 2.14. The standard InChI is InChI=1S/C10H12BrFN2O/c1-6(13)10(15)14-5-7-2-8(11)4-9(12)3-7/h2-4,6H,5,13H2,1H3,(H,14,15)/t6-/m1/s1. The monoisotopic (exact) mass is 274 g/mol. The first-order valence-corrected chi connectivity index (χ1v) is 5.26. The minimum atomic E-state index is -0.554. The predicted octanol–water partition coefficient (Wildman–Crippen LogP) is 1.55. The minimum absolute atomic E-state index is 0.254. The van der Waals surface area contributed by atoms with Crippen LogP contribution in [0.4, 0.5) is 4.39 Å². The molecular weight excluding hydrogens is 263 g/mol. The van der Waals surface area contributed by atoms with Crippen molar-refractivity contribution in [3.05, 3.63) is 34.1 Å². The molecular formula is C10H12BrFN2O. The number of nitrogens with one attached hydrogen (secondary N) is 1. The van der Waals surface area contributed by atoms with Gasteiger partial charge in [0.05, 0.1) is 6.04 Å². The summed E-state index contributed by atoms with van der Waals surface area (Å²) in [6, 6.07) is 3.91. The summed E-state index contributed by atoms with van der Waals surface area (Å²) in [4.78, 5) is 11.1. The molecule has 0 aliphatic carbocycles. The lowest BCUT2D eigenvalue weighted by molar-refractivity contribution is -0.122. The Morgan fingerprint density at radius 1 is 1.60 bits per heavy atom. The minimum Gasteiger partial charge on any atom is -0.351 e. The van der Waals surface area contributed by atoms with Gasteiger partial charge in [-0.15, -0.1) is 0 Å². The molecule has 3 N–H and O–H groups in total. The molecule has 3 nitrogen and oxygen atoms in total. The Kier molecular flexibility index (Phi) is 4.23. The number of carbonyl (C=O) groups is 1. The van der Waals surface area contributed by atoms with Crippen molar-refractivity contribution in [2.24, 2.45) is 5.73 Å². The van der Waals surface area contributed by atoms with Gasteiger partial charge in [-0.1, -0.05) is 15.9 Å². The van der Waals surface area contributed by atoms with Crippen LogP contribution in [0.5, 0.6) is 0 Å². The van der Waals surface area contributed by atoms with Crippen LogP contribution in [0.15, 0.2) is 22.7 Å². The molecule has 0 bridgehead atoms. The van der Waals surface area contributed by atoms with E-state index >= 15 is 0 Å². The molecule has 0 radical (unpaired) electrons. The molecule has 0 saturated carbocycles. The van der Waals surface area contributed by atoms with Crippen molar-refractivity contribution >= 4 is 21.8 Å². The number of carbonyl (C=O) groups excluding carboxylic acids is 1. The SMILES string of the molecule is C[C@@H](N)C(=O)NCc1cc(F)cc(Br)c1. The molecule has 0 aliphatic heterocycles. The summed E-state index contributed by atoms with van der Waals surface area (Å²) < 4.78 is 13.6. The zero-order valence-electron chi connectivity index (χ0n) is 8.26. The van der Waals surface area contributed by atoms with E-state index in [1.54, 1.807) is 13.0 Å². The second kappa shape index (κ2) is 5.23. The lowest BCUT2D eigenvalue weighted by atomic mass is 10.2. The second-order valence-electron chi connectivity index (χ2n) is 3.28. The first kappa shape index (κ1) is 12.1. The number of halogens is 2. The van der Waals surface area contributed by atoms with E-state index in [1.165, 1.54) is 12.1 Å². The quantitative estimate of drug-likeness (QED) is 0.879. The third-order valence-electron chi connectivity index (χ3n) is 1.80. The third-order valence-corrected chi connectivity index (χ3v) is 2.26. The average molecular weight is 275 g/mol. The molecule has 0 saturated heterocycles. The molecule has 1 aromatic rings. The molecule has 1 atom stereocenters. The van der Waals surface area contributed by atoms with Gasteiger partial charge in [-0.05, 0) is 30.7 Å². The van der Waals surface area contributed by atoms with Crippen LogP contribution in [0.3, 0.4) is 0 Å². The summed E-state index contributed by atoms with van der Waals surface area (Å²) in [7, 11) is 0. The topological polar surface area (TPSA) is 55.1 Å². The van der Waals surface area contributed by atoms with Crippen LogP contribution in [-0.4, -0.2) is 11.9 Å². The van der Waals surface area contributed by atoms with E-state index in [9.17, 15) is 9.18 Å². The zero-order chi connectivity index (χ0) is 11.4. The molecule has 5 heteroatoms. The van der Waals surface area contributed by atoms with E-state index < -0.39 is 6.04 Å². The molecule has 1 rings (SSSR count). The summed E-state index contributed by atoms with van der Waals surface area (Å²) in [5.41, 5.74) is 6.06. The normalized spacial score (nSPS) is 12.3. The van der Waals surface area contributed by atoms with Crippen LogP contribution in [0.25, 0.3) is 0 Å².